The summed E-state index contributed by atoms with van der Waals surface area (Å²) in [6.07, 6.45) is -0.719. The van der Waals surface area contributed by atoms with Crippen molar-refractivity contribution >= 4 is 11.9 Å². The van der Waals surface area contributed by atoms with Crippen LogP contribution in [0.5, 0.6) is 0 Å². The molecule has 0 aromatic rings. The minimum atomic E-state index is -1.54. The lowest BCUT2D eigenvalue weighted by Crippen LogP contribution is -2.35. The van der Waals surface area contributed by atoms with Crippen LogP contribution in [0, 0.1) is 0 Å². The molecule has 0 saturated carbocycles. The molecule has 1 amide bonds. The molecule has 0 rings (SSSR count). The van der Waals surface area contributed by atoms with Crippen molar-refractivity contribution in [3.8, 4) is 0 Å². The lowest BCUT2D eigenvalue weighted by molar-refractivity contribution is -0.150. The van der Waals surface area contributed by atoms with E-state index < -0.39 is 18.0 Å². The highest BCUT2D eigenvalue weighted by Crippen LogP contribution is 1.74. The molecule has 0 aliphatic rings. The van der Waals surface area contributed by atoms with Gasteiger partial charge in [-0.25, -0.2) is 4.79 Å². The van der Waals surface area contributed by atoms with Crippen molar-refractivity contribution in [1.29, 1.82) is 0 Å². The largest absolute Gasteiger partial charge is 0.474 e. The molecule has 0 heterocycles. The number of nitrogens with one attached hydrogen (secondary N) is 1. The summed E-state index contributed by atoms with van der Waals surface area (Å²) in [5.41, 5.74) is 0. The minimum absolute atomic E-state index is 0.0366. The maximum Gasteiger partial charge on any atom is 0.394 e. The normalized spacial score (nSPS) is 12.2. The third kappa shape index (κ3) is 3.85. The monoisotopic (exact) mass is 147 g/mol. The number of amides is 1. The fourth-order valence-electron chi connectivity index (χ4n) is 0.316. The molecule has 1 atom stereocenters. The number of aliphatic carboxylic acids is 1. The van der Waals surface area contributed by atoms with E-state index in [1.54, 1.807) is 0 Å². The Morgan fingerprint density at radius 3 is 2.40 bits per heavy atom. The van der Waals surface area contributed by atoms with E-state index in [0.29, 0.717) is 0 Å². The predicted octanol–water partition coefficient (Wildman–Crippen LogP) is -1.43. The van der Waals surface area contributed by atoms with E-state index in [1.807, 2.05) is 5.32 Å². The first-order chi connectivity index (χ1) is 4.54. The van der Waals surface area contributed by atoms with Gasteiger partial charge in [0.05, 0.1) is 6.10 Å². The first kappa shape index (κ1) is 8.90. The van der Waals surface area contributed by atoms with E-state index in [4.69, 9.17) is 10.2 Å². The van der Waals surface area contributed by atoms with Crippen LogP contribution in [0.15, 0.2) is 0 Å². The van der Waals surface area contributed by atoms with Gasteiger partial charge < -0.3 is 15.5 Å². The fourth-order valence-corrected chi connectivity index (χ4v) is 0.316. The van der Waals surface area contributed by atoms with Crippen LogP contribution in [0.1, 0.15) is 6.92 Å². The molecular weight excluding hydrogens is 138 g/mol. The Morgan fingerprint density at radius 2 is 2.10 bits per heavy atom. The van der Waals surface area contributed by atoms with E-state index in [0.717, 1.165) is 0 Å². The zero-order valence-electron chi connectivity index (χ0n) is 5.50. The van der Waals surface area contributed by atoms with E-state index in [2.05, 4.69) is 0 Å². The van der Waals surface area contributed by atoms with Gasteiger partial charge in [-0.05, 0) is 6.92 Å². The number of hydrogen-bond acceptors (Lipinski definition) is 3. The Hall–Kier alpha value is -1.10. The van der Waals surface area contributed by atoms with Crippen LogP contribution in [0.4, 0.5) is 0 Å². The zero-order chi connectivity index (χ0) is 8.15. The van der Waals surface area contributed by atoms with Gasteiger partial charge in [-0.15, -0.1) is 0 Å². The highest BCUT2D eigenvalue weighted by atomic mass is 16.4. The van der Waals surface area contributed by atoms with Crippen molar-refractivity contribution in [3.05, 3.63) is 0 Å². The minimum Gasteiger partial charge on any atom is -0.474 e. The first-order valence-corrected chi connectivity index (χ1v) is 2.73. The van der Waals surface area contributed by atoms with Crippen LogP contribution < -0.4 is 5.32 Å². The average Bonchev–Trinajstić information content (AvgIpc) is 1.82. The zero-order valence-corrected chi connectivity index (χ0v) is 5.50. The summed E-state index contributed by atoms with van der Waals surface area (Å²) in [7, 11) is 0. The van der Waals surface area contributed by atoms with E-state index in [-0.39, 0.29) is 6.54 Å². The molecule has 0 aromatic carbocycles. The number of carbonyl (C=O) groups excluding carboxylic acids is 1. The lowest BCUT2D eigenvalue weighted by Gasteiger charge is -2.02. The lowest BCUT2D eigenvalue weighted by atomic mass is 10.4. The molecule has 1 unspecified atom stereocenters. The maximum atomic E-state index is 10.2. The Morgan fingerprint density at radius 1 is 1.60 bits per heavy atom. The molecule has 0 spiro atoms. The van der Waals surface area contributed by atoms with Crippen LogP contribution in [-0.2, 0) is 9.59 Å². The van der Waals surface area contributed by atoms with Gasteiger partial charge in [0, 0.05) is 6.54 Å². The molecule has 0 aliphatic heterocycles. The van der Waals surface area contributed by atoms with Gasteiger partial charge in [-0.3, -0.25) is 4.79 Å². The highest BCUT2D eigenvalue weighted by molar-refractivity contribution is 6.31. The number of rotatable bonds is 2. The van der Waals surface area contributed by atoms with Gasteiger partial charge in [0.25, 0.3) is 0 Å². The second-order valence-corrected chi connectivity index (χ2v) is 1.86. The quantitative estimate of drug-likeness (QED) is 0.418. The Bertz CT molecular complexity index is 143. The van der Waals surface area contributed by atoms with Crippen LogP contribution in [-0.4, -0.2) is 34.7 Å². The number of aliphatic hydroxyl groups is 1. The van der Waals surface area contributed by atoms with E-state index in [1.165, 1.54) is 6.92 Å². The van der Waals surface area contributed by atoms with Gasteiger partial charge in [0.1, 0.15) is 0 Å². The van der Waals surface area contributed by atoms with Crippen molar-refractivity contribution in [2.45, 2.75) is 13.0 Å². The van der Waals surface area contributed by atoms with Crippen molar-refractivity contribution in [2.24, 2.45) is 0 Å². The van der Waals surface area contributed by atoms with Crippen molar-refractivity contribution in [1.82, 2.24) is 5.32 Å². The number of carbonyl (C=O) groups is 2. The topological polar surface area (TPSA) is 86.6 Å². The highest BCUT2D eigenvalue weighted by Gasteiger charge is 2.09. The summed E-state index contributed by atoms with van der Waals surface area (Å²) in [6, 6.07) is 0. The summed E-state index contributed by atoms with van der Waals surface area (Å²) in [5, 5.41) is 18.6. The number of carboxylic acid groups (broad SMARTS) is 1. The molecule has 5 nitrogen and oxygen atoms in total. The van der Waals surface area contributed by atoms with Crippen molar-refractivity contribution in [2.75, 3.05) is 6.54 Å². The number of carboxylic acids is 1. The number of aliphatic hydroxyl groups excluding tert-OH is 1. The van der Waals surface area contributed by atoms with Gasteiger partial charge in [0.2, 0.25) is 0 Å². The molecule has 0 radical (unpaired) electrons. The Kier molecular flexibility index (Phi) is 3.42. The van der Waals surface area contributed by atoms with E-state index >= 15 is 0 Å². The van der Waals surface area contributed by atoms with Crippen LogP contribution in [0.25, 0.3) is 0 Å². The smallest absolute Gasteiger partial charge is 0.394 e. The first-order valence-electron chi connectivity index (χ1n) is 2.73. The molecule has 0 aromatic heterocycles. The fraction of sp³-hybridized carbons (Fsp3) is 0.600. The summed E-state index contributed by atoms with van der Waals surface area (Å²) in [6.45, 7) is 1.41. The second kappa shape index (κ2) is 3.84. The SMILES string of the molecule is CC(O)CNC(=O)C(=O)O. The van der Waals surface area contributed by atoms with Crippen molar-refractivity contribution in [3.63, 3.8) is 0 Å². The molecule has 0 aliphatic carbocycles. The predicted molar refractivity (Wildman–Crippen MR) is 32.3 cm³/mol. The average molecular weight is 147 g/mol. The maximum absolute atomic E-state index is 10.2. The molecular formula is C5H9NO4. The van der Waals surface area contributed by atoms with E-state index in [9.17, 15) is 9.59 Å². The molecule has 0 fully saturated rings. The molecule has 0 saturated heterocycles. The summed E-state index contributed by atoms with van der Waals surface area (Å²) < 4.78 is 0. The molecule has 5 heteroatoms. The molecule has 10 heavy (non-hydrogen) atoms. The Labute approximate surface area is 57.7 Å². The Balaban J connectivity index is 3.50. The van der Waals surface area contributed by atoms with Crippen LogP contribution in [0.3, 0.4) is 0 Å². The molecule has 3 N–H and O–H groups in total. The molecule has 58 valence electrons. The van der Waals surface area contributed by atoms with Crippen molar-refractivity contribution < 1.29 is 19.8 Å². The third-order valence-electron chi connectivity index (χ3n) is 0.752. The molecule has 0 bridgehead atoms. The van der Waals surface area contributed by atoms with Gasteiger partial charge in [-0.1, -0.05) is 0 Å². The summed E-state index contributed by atoms with van der Waals surface area (Å²) >= 11 is 0. The summed E-state index contributed by atoms with van der Waals surface area (Å²) in [4.78, 5) is 20.0. The second-order valence-electron chi connectivity index (χ2n) is 1.86. The van der Waals surface area contributed by atoms with Gasteiger partial charge in [0.15, 0.2) is 0 Å². The standard InChI is InChI=1S/C5H9NO4/c1-3(7)2-6-4(8)5(9)10/h3,7H,2H2,1H3,(H,6,8)(H,9,10). The van der Waals surface area contributed by atoms with Crippen LogP contribution >= 0.6 is 0 Å². The van der Waals surface area contributed by atoms with Gasteiger partial charge in [-0.2, -0.15) is 0 Å². The summed E-state index contributed by atoms with van der Waals surface area (Å²) in [5.74, 6) is -2.64. The van der Waals surface area contributed by atoms with Crippen LogP contribution in [0.2, 0.25) is 0 Å². The number of hydrogen-bond donors (Lipinski definition) is 3. The third-order valence-corrected chi connectivity index (χ3v) is 0.752. The van der Waals surface area contributed by atoms with Gasteiger partial charge >= 0.3 is 11.9 Å².